The van der Waals surface area contributed by atoms with E-state index in [4.69, 9.17) is 4.52 Å². The molecule has 0 aromatic carbocycles. The van der Waals surface area contributed by atoms with Gasteiger partial charge in [-0.25, -0.2) is 9.97 Å². The molecule has 3 heterocycles. The summed E-state index contributed by atoms with van der Waals surface area (Å²) in [4.78, 5) is 12.1. The van der Waals surface area contributed by atoms with Crippen LogP contribution in [0, 0.1) is 0 Å². The first-order chi connectivity index (χ1) is 8.33. The Morgan fingerprint density at radius 3 is 3.12 bits per heavy atom. The van der Waals surface area contributed by atoms with Crippen LogP contribution in [0.3, 0.4) is 0 Å². The lowest BCUT2D eigenvalue weighted by Crippen LogP contribution is -2.15. The van der Waals surface area contributed by atoms with Gasteiger partial charge in [0.15, 0.2) is 0 Å². The normalized spacial score (nSPS) is 24.1. The van der Waals surface area contributed by atoms with Crippen molar-refractivity contribution in [2.45, 2.75) is 18.6 Å². The second kappa shape index (κ2) is 4.19. The van der Waals surface area contributed by atoms with Crippen LogP contribution in [0.1, 0.15) is 18.4 Å². The van der Waals surface area contributed by atoms with Gasteiger partial charge in [0.05, 0.1) is 12.1 Å². The van der Waals surface area contributed by atoms with E-state index in [9.17, 15) is 5.11 Å². The van der Waals surface area contributed by atoms with Crippen molar-refractivity contribution in [1.82, 2.24) is 25.4 Å². The predicted octanol–water partition coefficient (Wildman–Crippen LogP) is -0.0781. The van der Waals surface area contributed by atoms with Gasteiger partial charge in [-0.3, -0.25) is 0 Å². The van der Waals surface area contributed by atoms with Crippen LogP contribution in [0.5, 0.6) is 0 Å². The molecule has 17 heavy (non-hydrogen) atoms. The van der Waals surface area contributed by atoms with Gasteiger partial charge in [0.1, 0.15) is 12.0 Å². The summed E-state index contributed by atoms with van der Waals surface area (Å²) in [6, 6.07) is 1.64. The molecule has 0 spiro atoms. The molecular weight excluding hydrogens is 222 g/mol. The Hall–Kier alpha value is -1.86. The fourth-order valence-corrected chi connectivity index (χ4v) is 1.81. The van der Waals surface area contributed by atoms with Crippen LogP contribution >= 0.6 is 0 Å². The predicted molar refractivity (Wildman–Crippen MR) is 56.7 cm³/mol. The number of aromatic nitrogens is 4. The highest BCUT2D eigenvalue weighted by atomic mass is 16.5. The highest BCUT2D eigenvalue weighted by Gasteiger charge is 2.28. The monoisotopic (exact) mass is 233 g/mol. The molecule has 0 bridgehead atoms. The van der Waals surface area contributed by atoms with Gasteiger partial charge in [0.25, 0.3) is 0 Å². The average molecular weight is 233 g/mol. The molecule has 1 aliphatic rings. The van der Waals surface area contributed by atoms with Gasteiger partial charge in [0, 0.05) is 12.7 Å². The Balaban J connectivity index is 1.84. The summed E-state index contributed by atoms with van der Waals surface area (Å²) in [5.41, 5.74) is 0.619. The van der Waals surface area contributed by atoms with Crippen LogP contribution in [0.2, 0.25) is 0 Å². The molecule has 2 aromatic rings. The van der Waals surface area contributed by atoms with E-state index < -0.39 is 0 Å². The van der Waals surface area contributed by atoms with Gasteiger partial charge >= 0.3 is 0 Å². The van der Waals surface area contributed by atoms with Gasteiger partial charge < -0.3 is 14.9 Å². The quantitative estimate of drug-likeness (QED) is 0.748. The molecule has 0 aliphatic carbocycles. The third-order valence-corrected chi connectivity index (χ3v) is 2.66. The van der Waals surface area contributed by atoms with E-state index in [1.54, 1.807) is 12.3 Å². The summed E-state index contributed by atoms with van der Waals surface area (Å²) in [5.74, 6) is 0.917. The van der Waals surface area contributed by atoms with E-state index in [1.165, 1.54) is 6.33 Å². The maximum absolute atomic E-state index is 9.41. The zero-order valence-electron chi connectivity index (χ0n) is 8.95. The minimum Gasteiger partial charge on any atom is -0.392 e. The molecule has 3 rings (SSSR count). The number of nitrogens with zero attached hydrogens (tertiary/aromatic N) is 4. The lowest BCUT2D eigenvalue weighted by Gasteiger charge is -2.01. The van der Waals surface area contributed by atoms with Crippen molar-refractivity contribution in [3.8, 4) is 11.5 Å². The third-order valence-electron chi connectivity index (χ3n) is 2.66. The summed E-state index contributed by atoms with van der Waals surface area (Å²) in [6.07, 6.45) is 3.29. The SMILES string of the molecule is O[C@@H]1CN[C@@H](c2nc(-c3ccncn3)no2)C1. The van der Waals surface area contributed by atoms with Crippen LogP contribution < -0.4 is 5.32 Å². The Bertz CT molecular complexity index is 500. The minimum absolute atomic E-state index is 0.0758. The molecule has 2 N–H and O–H groups in total. The fourth-order valence-electron chi connectivity index (χ4n) is 1.81. The van der Waals surface area contributed by atoms with E-state index in [0.717, 1.165) is 0 Å². The molecule has 1 saturated heterocycles. The van der Waals surface area contributed by atoms with Crippen LogP contribution in [-0.4, -0.2) is 37.9 Å². The van der Waals surface area contributed by atoms with Gasteiger partial charge in [-0.15, -0.1) is 0 Å². The summed E-state index contributed by atoms with van der Waals surface area (Å²) in [7, 11) is 0. The molecule has 0 amide bonds. The zero-order chi connectivity index (χ0) is 11.7. The van der Waals surface area contributed by atoms with Crippen molar-refractivity contribution in [2.75, 3.05) is 6.54 Å². The van der Waals surface area contributed by atoms with E-state index in [-0.39, 0.29) is 12.1 Å². The van der Waals surface area contributed by atoms with E-state index in [1.807, 2.05) is 0 Å². The number of aliphatic hydroxyl groups is 1. The Kier molecular flexibility index (Phi) is 2.54. The van der Waals surface area contributed by atoms with Gasteiger partial charge in [-0.2, -0.15) is 4.98 Å². The second-order valence-corrected chi connectivity index (χ2v) is 3.90. The number of aliphatic hydroxyl groups excluding tert-OH is 1. The first kappa shape index (κ1) is 10.3. The van der Waals surface area contributed by atoms with Crippen molar-refractivity contribution >= 4 is 0 Å². The van der Waals surface area contributed by atoms with Crippen molar-refractivity contribution in [1.29, 1.82) is 0 Å². The first-order valence-electron chi connectivity index (χ1n) is 5.34. The Morgan fingerprint density at radius 2 is 2.41 bits per heavy atom. The molecule has 1 fully saturated rings. The maximum Gasteiger partial charge on any atom is 0.244 e. The molecule has 0 unspecified atom stereocenters. The Morgan fingerprint density at radius 1 is 1.47 bits per heavy atom. The van der Waals surface area contributed by atoms with Gasteiger partial charge in [-0.05, 0) is 12.5 Å². The maximum atomic E-state index is 9.41. The van der Waals surface area contributed by atoms with E-state index >= 15 is 0 Å². The van der Waals surface area contributed by atoms with Crippen molar-refractivity contribution in [3.63, 3.8) is 0 Å². The molecule has 7 heteroatoms. The molecule has 0 saturated carbocycles. The minimum atomic E-state index is -0.352. The lowest BCUT2D eigenvalue weighted by atomic mass is 10.2. The number of β-amino-alcohol motifs (C(OH)–C–C–N with tert-alkyl or cyclic N) is 1. The van der Waals surface area contributed by atoms with Crippen molar-refractivity contribution < 1.29 is 9.63 Å². The second-order valence-electron chi connectivity index (χ2n) is 3.90. The standard InChI is InChI=1S/C10H11N5O2/c16-6-3-8(12-4-6)10-14-9(15-17-10)7-1-2-11-5-13-7/h1-2,5-6,8,12,16H,3-4H2/t6-,8+/m0/s1. The highest BCUT2D eigenvalue weighted by molar-refractivity contribution is 5.46. The number of rotatable bonds is 2. The number of nitrogens with one attached hydrogen (secondary N) is 1. The van der Waals surface area contributed by atoms with E-state index in [0.29, 0.717) is 30.4 Å². The van der Waals surface area contributed by atoms with Crippen LogP contribution in [0.25, 0.3) is 11.5 Å². The summed E-state index contributed by atoms with van der Waals surface area (Å²) in [6.45, 7) is 0.551. The van der Waals surface area contributed by atoms with Gasteiger partial charge in [0.2, 0.25) is 11.7 Å². The van der Waals surface area contributed by atoms with Gasteiger partial charge in [-0.1, -0.05) is 5.16 Å². The highest BCUT2D eigenvalue weighted by Crippen LogP contribution is 2.23. The largest absolute Gasteiger partial charge is 0.392 e. The van der Waals surface area contributed by atoms with E-state index in [2.05, 4.69) is 25.4 Å². The molecule has 7 nitrogen and oxygen atoms in total. The fraction of sp³-hybridized carbons (Fsp3) is 0.400. The summed E-state index contributed by atoms with van der Waals surface area (Å²) in [5, 5.41) is 16.4. The van der Waals surface area contributed by atoms with Crippen LogP contribution in [-0.2, 0) is 0 Å². The summed E-state index contributed by atoms with van der Waals surface area (Å²) >= 11 is 0. The molecule has 88 valence electrons. The number of hydrogen-bond donors (Lipinski definition) is 2. The lowest BCUT2D eigenvalue weighted by molar-refractivity contribution is 0.191. The van der Waals surface area contributed by atoms with Crippen LogP contribution in [0.15, 0.2) is 23.1 Å². The summed E-state index contributed by atoms with van der Waals surface area (Å²) < 4.78 is 5.16. The van der Waals surface area contributed by atoms with Crippen molar-refractivity contribution in [2.24, 2.45) is 0 Å². The zero-order valence-corrected chi connectivity index (χ0v) is 8.95. The molecule has 1 aliphatic heterocycles. The molecule has 2 atom stereocenters. The van der Waals surface area contributed by atoms with Crippen molar-refractivity contribution in [3.05, 3.63) is 24.5 Å². The number of hydrogen-bond acceptors (Lipinski definition) is 7. The molecule has 0 radical (unpaired) electrons. The van der Waals surface area contributed by atoms with Crippen LogP contribution in [0.4, 0.5) is 0 Å². The molecular formula is C10H11N5O2. The average Bonchev–Trinajstić information content (AvgIpc) is 2.98. The smallest absolute Gasteiger partial charge is 0.244 e. The molecule has 2 aromatic heterocycles. The first-order valence-corrected chi connectivity index (χ1v) is 5.34. The third kappa shape index (κ3) is 2.02. The Labute approximate surface area is 96.9 Å². The topological polar surface area (TPSA) is 97.0 Å².